The summed E-state index contributed by atoms with van der Waals surface area (Å²) >= 11 is 0. The molecule has 98 valence electrons. The van der Waals surface area contributed by atoms with Crippen molar-refractivity contribution in [1.29, 1.82) is 0 Å². The van der Waals surface area contributed by atoms with Crippen LogP contribution in [-0.2, 0) is 10.3 Å². The van der Waals surface area contributed by atoms with Crippen molar-refractivity contribution in [2.45, 2.75) is 31.2 Å². The highest BCUT2D eigenvalue weighted by atomic mass is 35.5. The summed E-state index contributed by atoms with van der Waals surface area (Å²) in [5.41, 5.74) is 0.742. The van der Waals surface area contributed by atoms with E-state index in [1.807, 2.05) is 25.2 Å². The molecular weight excluding hydrogens is 246 g/mol. The maximum atomic E-state index is 12.5. The van der Waals surface area contributed by atoms with Crippen LogP contribution in [0.3, 0.4) is 0 Å². The number of nitrogens with one attached hydrogen (secondary N) is 1. The first-order valence-electron chi connectivity index (χ1n) is 6.55. The van der Waals surface area contributed by atoms with Crippen molar-refractivity contribution < 1.29 is 4.79 Å². The molecule has 2 saturated carbocycles. The van der Waals surface area contributed by atoms with Crippen LogP contribution in [0.1, 0.15) is 31.2 Å². The Kier molecular flexibility index (Phi) is 3.79. The standard InChI is InChI=1S/C15H19NO.ClH/c1-16-15(12-5-3-2-4-6-12)13-8-7-11(9-13)10-14(15)17;/h2-6,11,13,16H,7-10H2,1H3;1H. The lowest BCUT2D eigenvalue weighted by molar-refractivity contribution is -0.130. The predicted octanol–water partition coefficient (Wildman–Crippen LogP) is 2.91. The highest BCUT2D eigenvalue weighted by molar-refractivity contribution is 5.91. The Labute approximate surface area is 115 Å². The van der Waals surface area contributed by atoms with E-state index in [9.17, 15) is 4.79 Å². The van der Waals surface area contributed by atoms with Gasteiger partial charge in [0.15, 0.2) is 5.78 Å². The molecule has 0 aromatic heterocycles. The van der Waals surface area contributed by atoms with Gasteiger partial charge in [0.1, 0.15) is 5.54 Å². The maximum absolute atomic E-state index is 12.5. The van der Waals surface area contributed by atoms with Gasteiger partial charge in [-0.05, 0) is 43.7 Å². The Balaban J connectivity index is 0.00000120. The SMILES string of the molecule is CNC1(c2ccccc2)C(=O)CC2CCC1C2.Cl. The third-order valence-electron chi connectivity index (χ3n) is 4.69. The van der Waals surface area contributed by atoms with E-state index in [4.69, 9.17) is 0 Å². The highest BCUT2D eigenvalue weighted by Crippen LogP contribution is 2.50. The Morgan fingerprint density at radius 3 is 2.61 bits per heavy atom. The number of hydrogen-bond donors (Lipinski definition) is 1. The summed E-state index contributed by atoms with van der Waals surface area (Å²) in [6.07, 6.45) is 4.38. The molecule has 3 atom stereocenters. The Hall–Kier alpha value is -0.860. The molecule has 3 rings (SSSR count). The Morgan fingerprint density at radius 1 is 1.22 bits per heavy atom. The topological polar surface area (TPSA) is 29.1 Å². The minimum Gasteiger partial charge on any atom is -0.304 e. The molecular formula is C15H20ClNO. The zero-order valence-electron chi connectivity index (χ0n) is 10.7. The second-order valence-electron chi connectivity index (χ2n) is 5.43. The number of ketones is 1. The van der Waals surface area contributed by atoms with Gasteiger partial charge in [-0.2, -0.15) is 0 Å². The molecule has 1 N–H and O–H groups in total. The van der Waals surface area contributed by atoms with Crippen LogP contribution >= 0.6 is 12.4 Å². The first-order chi connectivity index (χ1) is 8.27. The van der Waals surface area contributed by atoms with Crippen molar-refractivity contribution >= 4 is 18.2 Å². The lowest BCUT2D eigenvalue weighted by Gasteiger charge is -2.41. The predicted molar refractivity (Wildman–Crippen MR) is 74.9 cm³/mol. The van der Waals surface area contributed by atoms with Crippen LogP contribution in [0.4, 0.5) is 0 Å². The summed E-state index contributed by atoms with van der Waals surface area (Å²) in [4.78, 5) is 12.5. The van der Waals surface area contributed by atoms with Crippen molar-refractivity contribution in [1.82, 2.24) is 5.32 Å². The third kappa shape index (κ3) is 1.79. The number of fused-ring (bicyclic) bond motifs is 2. The van der Waals surface area contributed by atoms with Gasteiger partial charge in [-0.3, -0.25) is 4.79 Å². The lowest BCUT2D eigenvalue weighted by Crippen LogP contribution is -2.54. The van der Waals surface area contributed by atoms with E-state index in [1.54, 1.807) is 0 Å². The van der Waals surface area contributed by atoms with E-state index in [1.165, 1.54) is 19.3 Å². The van der Waals surface area contributed by atoms with Gasteiger partial charge in [0, 0.05) is 6.42 Å². The second-order valence-corrected chi connectivity index (χ2v) is 5.43. The van der Waals surface area contributed by atoms with Gasteiger partial charge in [-0.1, -0.05) is 30.3 Å². The van der Waals surface area contributed by atoms with Crippen molar-refractivity contribution in [3.05, 3.63) is 35.9 Å². The fourth-order valence-electron chi connectivity index (χ4n) is 3.89. The molecule has 2 aliphatic carbocycles. The van der Waals surface area contributed by atoms with Crippen LogP contribution in [0.5, 0.6) is 0 Å². The number of Topliss-reactive ketones (excluding diaryl/α,β-unsaturated/α-hetero) is 1. The molecule has 2 fully saturated rings. The summed E-state index contributed by atoms with van der Waals surface area (Å²) in [6.45, 7) is 0. The number of benzene rings is 1. The first-order valence-corrected chi connectivity index (χ1v) is 6.55. The van der Waals surface area contributed by atoms with Crippen LogP contribution in [0.2, 0.25) is 0 Å². The number of likely N-dealkylation sites (N-methyl/N-ethyl adjacent to an activating group) is 1. The van der Waals surface area contributed by atoms with Crippen LogP contribution in [0.15, 0.2) is 30.3 Å². The molecule has 2 nitrogen and oxygen atoms in total. The van der Waals surface area contributed by atoms with E-state index >= 15 is 0 Å². The molecule has 2 aliphatic rings. The molecule has 0 saturated heterocycles. The minimum absolute atomic E-state index is 0. The van der Waals surface area contributed by atoms with Gasteiger partial charge < -0.3 is 5.32 Å². The van der Waals surface area contributed by atoms with Crippen LogP contribution in [0, 0.1) is 11.8 Å². The van der Waals surface area contributed by atoms with Gasteiger partial charge in [-0.15, -0.1) is 12.4 Å². The smallest absolute Gasteiger partial charge is 0.157 e. The molecule has 0 radical (unpaired) electrons. The lowest BCUT2D eigenvalue weighted by atomic mass is 9.68. The normalized spacial score (nSPS) is 34.2. The van der Waals surface area contributed by atoms with Gasteiger partial charge in [0.05, 0.1) is 0 Å². The van der Waals surface area contributed by atoms with Gasteiger partial charge >= 0.3 is 0 Å². The Bertz CT molecular complexity index is 433. The fourth-order valence-corrected chi connectivity index (χ4v) is 3.89. The summed E-state index contributed by atoms with van der Waals surface area (Å²) < 4.78 is 0. The quantitative estimate of drug-likeness (QED) is 0.891. The molecule has 0 amide bonds. The van der Waals surface area contributed by atoms with Gasteiger partial charge in [-0.25, -0.2) is 0 Å². The van der Waals surface area contributed by atoms with E-state index in [0.29, 0.717) is 17.6 Å². The van der Waals surface area contributed by atoms with Gasteiger partial charge in [0.2, 0.25) is 0 Å². The largest absolute Gasteiger partial charge is 0.304 e. The van der Waals surface area contributed by atoms with Crippen LogP contribution in [-0.4, -0.2) is 12.8 Å². The molecule has 1 aromatic rings. The molecule has 2 bridgehead atoms. The highest BCUT2D eigenvalue weighted by Gasteiger charge is 2.52. The average Bonchev–Trinajstić information content (AvgIpc) is 2.76. The minimum atomic E-state index is -0.408. The van der Waals surface area contributed by atoms with Crippen molar-refractivity contribution in [3.8, 4) is 0 Å². The van der Waals surface area contributed by atoms with E-state index in [-0.39, 0.29) is 12.4 Å². The zero-order valence-corrected chi connectivity index (χ0v) is 11.5. The van der Waals surface area contributed by atoms with Crippen molar-refractivity contribution in [2.24, 2.45) is 11.8 Å². The summed E-state index contributed by atoms with van der Waals surface area (Å²) in [7, 11) is 1.93. The van der Waals surface area contributed by atoms with E-state index in [0.717, 1.165) is 12.0 Å². The van der Waals surface area contributed by atoms with Crippen molar-refractivity contribution in [2.75, 3.05) is 7.05 Å². The molecule has 3 unspecified atom stereocenters. The number of hydrogen-bond acceptors (Lipinski definition) is 2. The van der Waals surface area contributed by atoms with Crippen molar-refractivity contribution in [3.63, 3.8) is 0 Å². The van der Waals surface area contributed by atoms with Gasteiger partial charge in [0.25, 0.3) is 0 Å². The fraction of sp³-hybridized carbons (Fsp3) is 0.533. The third-order valence-corrected chi connectivity index (χ3v) is 4.69. The Morgan fingerprint density at radius 2 is 1.94 bits per heavy atom. The summed E-state index contributed by atoms with van der Waals surface area (Å²) in [5.74, 6) is 1.53. The summed E-state index contributed by atoms with van der Waals surface area (Å²) in [5, 5.41) is 3.36. The number of rotatable bonds is 2. The van der Waals surface area contributed by atoms with E-state index in [2.05, 4.69) is 17.4 Å². The number of carbonyl (C=O) groups excluding carboxylic acids is 1. The molecule has 0 spiro atoms. The second kappa shape index (κ2) is 5.02. The molecule has 0 aliphatic heterocycles. The number of carbonyl (C=O) groups is 1. The number of halogens is 1. The average molecular weight is 266 g/mol. The van der Waals surface area contributed by atoms with E-state index < -0.39 is 5.54 Å². The molecule has 0 heterocycles. The molecule has 1 aromatic carbocycles. The maximum Gasteiger partial charge on any atom is 0.157 e. The summed E-state index contributed by atoms with van der Waals surface area (Å²) in [6, 6.07) is 10.3. The van der Waals surface area contributed by atoms with Crippen LogP contribution < -0.4 is 5.32 Å². The molecule has 3 heteroatoms. The van der Waals surface area contributed by atoms with Crippen LogP contribution in [0.25, 0.3) is 0 Å². The monoisotopic (exact) mass is 265 g/mol. The molecule has 18 heavy (non-hydrogen) atoms. The zero-order chi connectivity index (χ0) is 11.9. The first kappa shape index (κ1) is 13.6.